The Hall–Kier alpha value is -0.940. The van der Waals surface area contributed by atoms with Crippen molar-refractivity contribution in [3.8, 4) is 0 Å². The molecule has 4 nitrogen and oxygen atoms in total. The summed E-state index contributed by atoms with van der Waals surface area (Å²) in [4.78, 5) is 15.4. The predicted molar refractivity (Wildman–Crippen MR) is 60.0 cm³/mol. The van der Waals surface area contributed by atoms with E-state index < -0.39 is 0 Å². The van der Waals surface area contributed by atoms with Crippen molar-refractivity contribution in [2.45, 2.75) is 19.8 Å². The first-order valence-electron chi connectivity index (χ1n) is 4.97. The van der Waals surface area contributed by atoms with E-state index in [1.807, 2.05) is 19.2 Å². The van der Waals surface area contributed by atoms with E-state index in [9.17, 15) is 4.79 Å². The van der Waals surface area contributed by atoms with E-state index in [-0.39, 0.29) is 18.4 Å². The van der Waals surface area contributed by atoms with E-state index in [1.165, 1.54) is 0 Å². The summed E-state index contributed by atoms with van der Waals surface area (Å²) in [6.07, 6.45) is 1.78. The molecule has 1 atom stereocenters. The summed E-state index contributed by atoms with van der Waals surface area (Å²) in [6.45, 7) is 5.22. The number of hydrogen-bond donors (Lipinski definition) is 1. The number of thiazole rings is 1. The maximum atomic E-state index is 11.2. The van der Waals surface area contributed by atoms with Crippen LogP contribution in [-0.4, -0.2) is 30.6 Å². The lowest BCUT2D eigenvalue weighted by Crippen LogP contribution is -2.30. The second-order valence-electron chi connectivity index (χ2n) is 3.21. The van der Waals surface area contributed by atoms with Gasteiger partial charge in [0.05, 0.1) is 5.01 Å². The van der Waals surface area contributed by atoms with Crippen LogP contribution < -0.4 is 5.32 Å². The number of nitrogens with one attached hydrogen (secondary N) is 1. The molecule has 0 saturated heterocycles. The van der Waals surface area contributed by atoms with Crippen LogP contribution in [-0.2, 0) is 9.53 Å². The molecule has 1 N–H and O–H groups in total. The fraction of sp³-hybridized carbons (Fsp3) is 0.600. The van der Waals surface area contributed by atoms with Crippen LogP contribution in [0, 0.1) is 0 Å². The van der Waals surface area contributed by atoms with Gasteiger partial charge in [-0.05, 0) is 6.92 Å². The molecule has 84 valence electrons. The smallest absolute Gasteiger partial charge is 0.246 e. The van der Waals surface area contributed by atoms with Crippen LogP contribution in [0.4, 0.5) is 0 Å². The largest absolute Gasteiger partial charge is 0.372 e. The van der Waals surface area contributed by atoms with Gasteiger partial charge in [0.1, 0.15) is 6.61 Å². The van der Waals surface area contributed by atoms with Crippen LogP contribution in [0.3, 0.4) is 0 Å². The lowest BCUT2D eigenvalue weighted by atomic mass is 10.2. The summed E-state index contributed by atoms with van der Waals surface area (Å²) in [7, 11) is 0. The average molecular weight is 228 g/mol. The fourth-order valence-corrected chi connectivity index (χ4v) is 1.78. The number of amides is 1. The topological polar surface area (TPSA) is 51.2 Å². The summed E-state index contributed by atoms with van der Waals surface area (Å²) in [5, 5.41) is 5.79. The number of hydrogen-bond acceptors (Lipinski definition) is 4. The summed E-state index contributed by atoms with van der Waals surface area (Å²) in [6, 6.07) is 0. The van der Waals surface area contributed by atoms with Crippen LogP contribution in [0.15, 0.2) is 11.6 Å². The second-order valence-corrected chi connectivity index (χ2v) is 4.14. The van der Waals surface area contributed by atoms with Gasteiger partial charge >= 0.3 is 0 Å². The molecule has 0 aromatic carbocycles. The summed E-state index contributed by atoms with van der Waals surface area (Å²) in [5.74, 6) is 0.191. The number of ether oxygens (including phenoxy) is 1. The third-order valence-electron chi connectivity index (χ3n) is 1.92. The molecule has 0 aliphatic heterocycles. The van der Waals surface area contributed by atoms with E-state index >= 15 is 0 Å². The maximum Gasteiger partial charge on any atom is 0.246 e. The first-order valence-corrected chi connectivity index (χ1v) is 5.85. The molecule has 0 radical (unpaired) electrons. The van der Waals surface area contributed by atoms with Crippen molar-refractivity contribution < 1.29 is 9.53 Å². The molecule has 0 aliphatic rings. The second kappa shape index (κ2) is 6.53. The zero-order valence-electron chi connectivity index (χ0n) is 9.03. The molecule has 1 aromatic heterocycles. The molecule has 15 heavy (non-hydrogen) atoms. The summed E-state index contributed by atoms with van der Waals surface area (Å²) >= 11 is 1.61. The molecule has 1 rings (SSSR count). The average Bonchev–Trinajstić information content (AvgIpc) is 2.76. The zero-order valence-corrected chi connectivity index (χ0v) is 9.84. The Labute approximate surface area is 93.7 Å². The lowest BCUT2D eigenvalue weighted by Gasteiger charge is -2.09. The van der Waals surface area contributed by atoms with Crippen molar-refractivity contribution in [1.29, 1.82) is 0 Å². The van der Waals surface area contributed by atoms with Crippen LogP contribution in [0.5, 0.6) is 0 Å². The number of rotatable bonds is 6. The molecule has 5 heteroatoms. The SMILES string of the molecule is CCOCC(=O)NCC(C)c1nccs1. The minimum atomic E-state index is -0.0692. The van der Waals surface area contributed by atoms with Gasteiger partial charge < -0.3 is 10.1 Å². The zero-order chi connectivity index (χ0) is 11.1. The Morgan fingerprint density at radius 1 is 1.73 bits per heavy atom. The van der Waals surface area contributed by atoms with Crippen molar-refractivity contribution in [2.75, 3.05) is 19.8 Å². The molecule has 0 saturated carbocycles. The minimum Gasteiger partial charge on any atom is -0.372 e. The van der Waals surface area contributed by atoms with E-state index in [0.29, 0.717) is 13.2 Å². The van der Waals surface area contributed by atoms with E-state index in [4.69, 9.17) is 4.74 Å². The van der Waals surface area contributed by atoms with Gasteiger partial charge in [-0.3, -0.25) is 4.79 Å². The van der Waals surface area contributed by atoms with Crippen molar-refractivity contribution in [2.24, 2.45) is 0 Å². The van der Waals surface area contributed by atoms with Crippen LogP contribution in [0.25, 0.3) is 0 Å². The normalized spacial score (nSPS) is 12.4. The van der Waals surface area contributed by atoms with Gasteiger partial charge in [0.2, 0.25) is 5.91 Å². The lowest BCUT2D eigenvalue weighted by molar-refractivity contribution is -0.125. The van der Waals surface area contributed by atoms with Crippen molar-refractivity contribution in [1.82, 2.24) is 10.3 Å². The molecule has 0 fully saturated rings. The third-order valence-corrected chi connectivity index (χ3v) is 2.92. The Bertz CT molecular complexity index is 288. The molecule has 0 spiro atoms. The number of aromatic nitrogens is 1. The highest BCUT2D eigenvalue weighted by atomic mass is 32.1. The number of carbonyl (C=O) groups is 1. The van der Waals surface area contributed by atoms with E-state index in [0.717, 1.165) is 5.01 Å². The maximum absolute atomic E-state index is 11.2. The molecule has 1 amide bonds. The molecule has 1 unspecified atom stereocenters. The highest BCUT2D eigenvalue weighted by molar-refractivity contribution is 7.09. The Kier molecular flexibility index (Phi) is 5.28. The third kappa shape index (κ3) is 4.40. The molecular weight excluding hydrogens is 212 g/mol. The van der Waals surface area contributed by atoms with Gasteiger partial charge in [0, 0.05) is 30.6 Å². The number of nitrogens with zero attached hydrogens (tertiary/aromatic N) is 1. The summed E-state index contributed by atoms with van der Waals surface area (Å²) in [5.41, 5.74) is 0. The van der Waals surface area contributed by atoms with Gasteiger partial charge in [0.15, 0.2) is 0 Å². The Morgan fingerprint density at radius 3 is 3.13 bits per heavy atom. The van der Waals surface area contributed by atoms with Crippen LogP contribution in [0.1, 0.15) is 24.8 Å². The number of carbonyl (C=O) groups excluding carboxylic acids is 1. The first-order chi connectivity index (χ1) is 7.24. The Morgan fingerprint density at radius 2 is 2.53 bits per heavy atom. The van der Waals surface area contributed by atoms with Gasteiger partial charge in [-0.25, -0.2) is 4.98 Å². The van der Waals surface area contributed by atoms with Gasteiger partial charge in [-0.15, -0.1) is 11.3 Å². The van der Waals surface area contributed by atoms with Gasteiger partial charge in [0.25, 0.3) is 0 Å². The van der Waals surface area contributed by atoms with Gasteiger partial charge in [-0.1, -0.05) is 6.92 Å². The fourth-order valence-electron chi connectivity index (χ4n) is 1.08. The Balaban J connectivity index is 2.22. The predicted octanol–water partition coefficient (Wildman–Crippen LogP) is 1.40. The van der Waals surface area contributed by atoms with Crippen molar-refractivity contribution >= 4 is 17.2 Å². The van der Waals surface area contributed by atoms with E-state index in [1.54, 1.807) is 17.5 Å². The highest BCUT2D eigenvalue weighted by Gasteiger charge is 2.09. The van der Waals surface area contributed by atoms with E-state index in [2.05, 4.69) is 10.3 Å². The van der Waals surface area contributed by atoms with Gasteiger partial charge in [-0.2, -0.15) is 0 Å². The first kappa shape index (κ1) is 12.1. The molecule has 0 aliphatic carbocycles. The summed E-state index contributed by atoms with van der Waals surface area (Å²) < 4.78 is 4.99. The molecule has 1 aromatic rings. The minimum absolute atomic E-state index is 0.0692. The quantitative estimate of drug-likeness (QED) is 0.800. The van der Waals surface area contributed by atoms with Crippen molar-refractivity contribution in [3.05, 3.63) is 16.6 Å². The highest BCUT2D eigenvalue weighted by Crippen LogP contribution is 2.16. The van der Waals surface area contributed by atoms with Crippen molar-refractivity contribution in [3.63, 3.8) is 0 Å². The monoisotopic (exact) mass is 228 g/mol. The molecular formula is C10H16N2O2S. The molecule has 0 bridgehead atoms. The molecule has 1 heterocycles. The standard InChI is InChI=1S/C10H16N2O2S/c1-3-14-7-9(13)12-6-8(2)10-11-4-5-15-10/h4-5,8H,3,6-7H2,1-2H3,(H,12,13). The van der Waals surface area contributed by atoms with Crippen LogP contribution >= 0.6 is 11.3 Å². The van der Waals surface area contributed by atoms with Crippen LogP contribution in [0.2, 0.25) is 0 Å².